The zero-order chi connectivity index (χ0) is 28.0. The zero-order valence-corrected chi connectivity index (χ0v) is 26.3. The summed E-state index contributed by atoms with van der Waals surface area (Å²) in [4.78, 5) is 4.63. The second-order valence-corrected chi connectivity index (χ2v) is 12.5. The number of para-hydroxylation sites is 1. The van der Waals surface area contributed by atoms with Crippen molar-refractivity contribution in [3.63, 3.8) is 0 Å². The quantitative estimate of drug-likeness (QED) is 0.134. The standard InChI is InChI=1S/C36H31N4O.Pt/c1-36(2,3)25-15-18-33-34(20-25)39(4)23-40(33,24-39)26-10-9-11-27(21-26)41-28-16-17-30-29-12-5-6-13-31(29)38(32(30)22-28)35-14-7-8-19-37-35;/h5-20,23H,24H2,1-4H3;/q-1;/t39-,40+;/m0./s1. The number of quaternary nitrogens is 2. The Morgan fingerprint density at radius 3 is 2.40 bits per heavy atom. The minimum atomic E-state index is 0. The predicted octanol–water partition coefficient (Wildman–Crippen LogP) is 8.55. The summed E-state index contributed by atoms with van der Waals surface area (Å²) in [7, 11) is 2.29. The first-order valence-electron chi connectivity index (χ1n) is 14.1. The van der Waals surface area contributed by atoms with Crippen LogP contribution in [0.15, 0.2) is 97.2 Å². The summed E-state index contributed by atoms with van der Waals surface area (Å²) < 4.78 is 10.1. The van der Waals surface area contributed by atoms with Crippen LogP contribution in [0.25, 0.3) is 27.6 Å². The van der Waals surface area contributed by atoms with E-state index in [2.05, 4.69) is 117 Å². The van der Waals surface area contributed by atoms with E-state index in [4.69, 9.17) is 4.74 Å². The van der Waals surface area contributed by atoms with E-state index >= 15 is 0 Å². The molecule has 0 radical (unpaired) electrons. The van der Waals surface area contributed by atoms with Crippen LogP contribution < -0.4 is 13.7 Å². The topological polar surface area (TPSA) is 27.1 Å². The Hall–Kier alpha value is -3.76. The fourth-order valence-electron chi connectivity index (χ4n) is 6.66. The number of rotatable bonds is 4. The largest absolute Gasteiger partial charge is 0.509 e. The predicted molar refractivity (Wildman–Crippen MR) is 166 cm³/mol. The van der Waals surface area contributed by atoms with Crippen molar-refractivity contribution in [1.82, 2.24) is 18.5 Å². The van der Waals surface area contributed by atoms with Crippen molar-refractivity contribution in [3.05, 3.63) is 122 Å². The fraction of sp³-hybridized carbons (Fsp3) is 0.167. The van der Waals surface area contributed by atoms with Gasteiger partial charge in [-0.3, -0.25) is 0 Å². The average Bonchev–Trinajstić information content (AvgIpc) is 3.52. The second kappa shape index (κ2) is 9.37. The molecule has 6 heteroatoms. The van der Waals surface area contributed by atoms with E-state index in [1.165, 1.54) is 16.9 Å². The molecule has 0 unspecified atom stereocenters. The van der Waals surface area contributed by atoms with Crippen LogP contribution in [-0.4, -0.2) is 23.3 Å². The minimum Gasteiger partial charge on any atom is -0.509 e. The smallest absolute Gasteiger partial charge is 0.179 e. The molecule has 4 aromatic carbocycles. The van der Waals surface area contributed by atoms with Gasteiger partial charge in [0.2, 0.25) is 0 Å². The third kappa shape index (κ3) is 3.91. The molecule has 42 heavy (non-hydrogen) atoms. The number of aromatic nitrogens is 2. The monoisotopic (exact) mass is 730 g/mol. The van der Waals surface area contributed by atoms with E-state index in [0.29, 0.717) is 16.0 Å². The fourth-order valence-corrected chi connectivity index (χ4v) is 6.66. The molecule has 0 spiro atoms. The molecule has 6 aromatic rings. The first-order valence-corrected chi connectivity index (χ1v) is 14.1. The molecule has 2 aromatic heterocycles. The molecule has 212 valence electrons. The number of nitrogens with zero attached hydrogens (tertiary/aromatic N) is 4. The van der Waals surface area contributed by atoms with Crippen LogP contribution in [0.2, 0.25) is 0 Å². The second-order valence-electron chi connectivity index (χ2n) is 12.5. The van der Waals surface area contributed by atoms with Gasteiger partial charge in [-0.2, -0.15) is 12.1 Å². The van der Waals surface area contributed by atoms with E-state index < -0.39 is 0 Å². The molecule has 5 heterocycles. The molecule has 3 aliphatic heterocycles. The maximum Gasteiger partial charge on any atom is 0.179 e. The summed E-state index contributed by atoms with van der Waals surface area (Å²) in [5.41, 5.74) is 7.29. The van der Waals surface area contributed by atoms with Crippen LogP contribution in [-0.2, 0) is 26.5 Å². The van der Waals surface area contributed by atoms with Crippen LogP contribution in [0.5, 0.6) is 11.5 Å². The van der Waals surface area contributed by atoms with Gasteiger partial charge in [0.15, 0.2) is 18.0 Å². The molecule has 3 aliphatic rings. The summed E-state index contributed by atoms with van der Waals surface area (Å²) in [5, 5.41) is 2.28. The van der Waals surface area contributed by atoms with Crippen molar-refractivity contribution in [3.8, 4) is 17.3 Å². The van der Waals surface area contributed by atoms with Gasteiger partial charge >= 0.3 is 0 Å². The molecule has 0 N–H and O–H groups in total. The third-order valence-corrected chi connectivity index (χ3v) is 8.63. The molecule has 1 fully saturated rings. The van der Waals surface area contributed by atoms with Gasteiger partial charge in [0.05, 0.1) is 13.7 Å². The summed E-state index contributed by atoms with van der Waals surface area (Å²) in [6.45, 7) is 10.2. The molecule has 0 aliphatic carbocycles. The number of ether oxygens (including phenoxy) is 1. The summed E-state index contributed by atoms with van der Waals surface area (Å²) in [6.07, 6.45) is 1.82. The van der Waals surface area contributed by atoms with Crippen molar-refractivity contribution in [1.29, 1.82) is 0 Å². The summed E-state index contributed by atoms with van der Waals surface area (Å²) >= 11 is 0. The average molecular weight is 731 g/mol. The van der Waals surface area contributed by atoms with Gasteiger partial charge in [0.25, 0.3) is 0 Å². The van der Waals surface area contributed by atoms with Gasteiger partial charge in [-0.15, -0.1) is 29.7 Å². The number of fused-ring (bicyclic) bond motifs is 3. The molecule has 2 atom stereocenters. The Morgan fingerprint density at radius 2 is 1.62 bits per heavy atom. The number of hydrogen-bond acceptors (Lipinski definition) is 2. The number of benzene rings is 4. The van der Waals surface area contributed by atoms with Crippen molar-refractivity contribution < 1.29 is 25.8 Å². The van der Waals surface area contributed by atoms with Gasteiger partial charge in [-0.1, -0.05) is 62.7 Å². The van der Waals surface area contributed by atoms with E-state index in [0.717, 1.165) is 44.5 Å². The van der Waals surface area contributed by atoms with Crippen LogP contribution in [0.3, 0.4) is 0 Å². The van der Waals surface area contributed by atoms with Crippen molar-refractivity contribution in [2.24, 2.45) is 0 Å². The summed E-state index contributed by atoms with van der Waals surface area (Å²) in [6, 6.07) is 38.8. The minimum absolute atomic E-state index is 0. The van der Waals surface area contributed by atoms with Crippen molar-refractivity contribution in [2.45, 2.75) is 26.2 Å². The maximum absolute atomic E-state index is 6.44. The number of hydrogen-bond donors (Lipinski definition) is 0. The Morgan fingerprint density at radius 1 is 0.833 bits per heavy atom. The zero-order valence-electron chi connectivity index (χ0n) is 24.0. The van der Waals surface area contributed by atoms with Crippen LogP contribution in [0.4, 0.5) is 17.1 Å². The molecule has 2 bridgehead atoms. The SMILES string of the molecule is CC(C)(C)c1ccc2c(c1)[N@@+]1(C)[CH-][N@+]2(c2[c-]c(Oc3[c-]c4c(cc3)c3ccccc3n4-c3ccccn3)ccc2)C1.[Pt]. The molecular weight excluding hydrogens is 700 g/mol. The van der Waals surface area contributed by atoms with E-state index in [-0.39, 0.29) is 26.5 Å². The molecule has 1 saturated heterocycles. The van der Waals surface area contributed by atoms with E-state index in [1.807, 2.05) is 36.5 Å². The molecule has 9 rings (SSSR count). The van der Waals surface area contributed by atoms with Gasteiger partial charge in [-0.05, 0) is 34.6 Å². The van der Waals surface area contributed by atoms with Crippen LogP contribution in [0.1, 0.15) is 26.3 Å². The Labute approximate surface area is 261 Å². The Bertz CT molecular complexity index is 1980. The third-order valence-electron chi connectivity index (χ3n) is 8.63. The van der Waals surface area contributed by atoms with Gasteiger partial charge in [0, 0.05) is 62.1 Å². The van der Waals surface area contributed by atoms with Crippen molar-refractivity contribution in [2.75, 3.05) is 13.7 Å². The van der Waals surface area contributed by atoms with E-state index in [9.17, 15) is 0 Å². The van der Waals surface area contributed by atoms with Gasteiger partial charge in [-0.25, -0.2) is 4.98 Å². The molecule has 0 saturated carbocycles. The van der Waals surface area contributed by atoms with Crippen LogP contribution >= 0.6 is 0 Å². The maximum atomic E-state index is 6.44. The van der Waals surface area contributed by atoms with E-state index in [1.54, 1.807) is 0 Å². The van der Waals surface area contributed by atoms with Gasteiger partial charge < -0.3 is 18.3 Å². The molecule has 5 nitrogen and oxygen atoms in total. The normalized spacial score (nSPS) is 20.7. The Kier molecular flexibility index (Phi) is 6.05. The van der Waals surface area contributed by atoms with Gasteiger partial charge in [0.1, 0.15) is 5.82 Å². The summed E-state index contributed by atoms with van der Waals surface area (Å²) in [5.74, 6) is 2.18. The first-order chi connectivity index (χ1) is 19.8. The Balaban J connectivity index is 0.00000288. The first kappa shape index (κ1) is 27.1. The number of pyridine rings is 1. The molecular formula is C36H31N4OPt-. The van der Waals surface area contributed by atoms with Crippen LogP contribution in [0, 0.1) is 18.8 Å². The molecule has 0 amide bonds. The van der Waals surface area contributed by atoms with Crippen molar-refractivity contribution >= 4 is 38.9 Å².